The molecule has 2 aromatic rings. The Kier molecular flexibility index (Phi) is 3.36. The molecule has 0 aliphatic rings. The molecule has 0 spiro atoms. The Morgan fingerprint density at radius 3 is 2.75 bits per heavy atom. The van der Waals surface area contributed by atoms with E-state index in [9.17, 15) is 4.39 Å². The van der Waals surface area contributed by atoms with Crippen LogP contribution in [0.5, 0.6) is 0 Å². The number of aromatic nitrogens is 2. The summed E-state index contributed by atoms with van der Waals surface area (Å²) in [5, 5.41) is 3.18. The van der Waals surface area contributed by atoms with E-state index < -0.39 is 5.82 Å². The van der Waals surface area contributed by atoms with E-state index in [-0.39, 0.29) is 0 Å². The van der Waals surface area contributed by atoms with Crippen molar-refractivity contribution in [3.63, 3.8) is 0 Å². The number of rotatable bonds is 2. The minimum atomic E-state index is -0.428. The van der Waals surface area contributed by atoms with Gasteiger partial charge in [0.2, 0.25) is 0 Å². The van der Waals surface area contributed by atoms with Gasteiger partial charge >= 0.3 is 0 Å². The van der Waals surface area contributed by atoms with Gasteiger partial charge in [-0.25, -0.2) is 14.4 Å². The molecule has 0 aliphatic heterocycles. The van der Waals surface area contributed by atoms with Crippen LogP contribution in [0.4, 0.5) is 15.9 Å². The van der Waals surface area contributed by atoms with Crippen LogP contribution in [0.2, 0.25) is 5.02 Å². The molecule has 0 aliphatic carbocycles. The summed E-state index contributed by atoms with van der Waals surface area (Å²) in [6.45, 7) is 0. The predicted molar refractivity (Wildman–Crippen MR) is 64.4 cm³/mol. The SMILES string of the molecule is Fc1cc(Cl)ccc1Nc1cc(Br)ncn1. The second-order valence-electron chi connectivity index (χ2n) is 2.98. The summed E-state index contributed by atoms with van der Waals surface area (Å²) in [5.41, 5.74) is 0.315. The van der Waals surface area contributed by atoms with E-state index in [4.69, 9.17) is 11.6 Å². The molecule has 82 valence electrons. The first kappa shape index (κ1) is 11.3. The normalized spacial score (nSPS) is 10.2. The molecule has 1 aromatic heterocycles. The fraction of sp³-hybridized carbons (Fsp3) is 0. The van der Waals surface area contributed by atoms with Crippen LogP contribution < -0.4 is 5.32 Å². The minimum Gasteiger partial charge on any atom is -0.338 e. The Hall–Kier alpha value is -1.20. The summed E-state index contributed by atoms with van der Waals surface area (Å²) in [6, 6.07) is 6.03. The van der Waals surface area contributed by atoms with Gasteiger partial charge in [-0.3, -0.25) is 0 Å². The first-order chi connectivity index (χ1) is 7.65. The fourth-order valence-electron chi connectivity index (χ4n) is 1.13. The van der Waals surface area contributed by atoms with Gasteiger partial charge in [-0.15, -0.1) is 0 Å². The number of halogens is 3. The summed E-state index contributed by atoms with van der Waals surface area (Å²) >= 11 is 8.84. The van der Waals surface area contributed by atoms with E-state index in [1.54, 1.807) is 18.2 Å². The van der Waals surface area contributed by atoms with Crippen molar-refractivity contribution < 1.29 is 4.39 Å². The van der Waals surface area contributed by atoms with Crippen LogP contribution >= 0.6 is 27.5 Å². The van der Waals surface area contributed by atoms with E-state index in [1.165, 1.54) is 12.4 Å². The lowest BCUT2D eigenvalue weighted by Gasteiger charge is -2.06. The van der Waals surface area contributed by atoms with Crippen LogP contribution in [-0.4, -0.2) is 9.97 Å². The maximum absolute atomic E-state index is 13.4. The zero-order valence-corrected chi connectivity index (χ0v) is 10.3. The Balaban J connectivity index is 2.27. The smallest absolute Gasteiger partial charge is 0.148 e. The Labute approximate surface area is 105 Å². The molecule has 2 rings (SSSR count). The lowest BCUT2D eigenvalue weighted by atomic mass is 10.3. The number of hydrogen-bond acceptors (Lipinski definition) is 3. The monoisotopic (exact) mass is 301 g/mol. The van der Waals surface area contributed by atoms with Crippen LogP contribution in [0.1, 0.15) is 0 Å². The van der Waals surface area contributed by atoms with E-state index in [0.717, 1.165) is 0 Å². The Bertz CT molecular complexity index is 521. The molecule has 0 unspecified atom stereocenters. The Morgan fingerprint density at radius 2 is 2.06 bits per heavy atom. The number of nitrogens with one attached hydrogen (secondary N) is 1. The summed E-state index contributed by atoms with van der Waals surface area (Å²) in [7, 11) is 0. The maximum Gasteiger partial charge on any atom is 0.148 e. The van der Waals surface area contributed by atoms with Gasteiger partial charge in [0.05, 0.1) is 5.69 Å². The van der Waals surface area contributed by atoms with Gasteiger partial charge in [-0.05, 0) is 34.1 Å². The van der Waals surface area contributed by atoms with Gasteiger partial charge < -0.3 is 5.32 Å². The second kappa shape index (κ2) is 4.76. The molecule has 0 saturated heterocycles. The molecule has 3 nitrogen and oxygen atoms in total. The second-order valence-corrected chi connectivity index (χ2v) is 4.22. The van der Waals surface area contributed by atoms with Crippen LogP contribution in [0.15, 0.2) is 35.2 Å². The molecular formula is C10H6BrClFN3. The molecule has 0 fully saturated rings. The molecule has 6 heteroatoms. The topological polar surface area (TPSA) is 37.8 Å². The third kappa shape index (κ3) is 2.68. The first-order valence-corrected chi connectivity index (χ1v) is 5.52. The van der Waals surface area contributed by atoms with Crippen LogP contribution in [0.25, 0.3) is 0 Å². The van der Waals surface area contributed by atoms with Gasteiger partial charge in [0.1, 0.15) is 22.6 Å². The quantitative estimate of drug-likeness (QED) is 0.858. The molecule has 1 aromatic carbocycles. The highest BCUT2D eigenvalue weighted by molar-refractivity contribution is 9.10. The highest BCUT2D eigenvalue weighted by Crippen LogP contribution is 2.22. The number of benzene rings is 1. The standard InChI is InChI=1S/C10H6BrClFN3/c11-9-4-10(15-5-14-9)16-8-2-1-6(12)3-7(8)13/h1-5H,(H,14,15,16). The number of hydrogen-bond donors (Lipinski definition) is 1. The average Bonchev–Trinajstić information content (AvgIpc) is 2.22. The fourth-order valence-corrected chi connectivity index (χ4v) is 1.60. The molecule has 1 N–H and O–H groups in total. The van der Waals surface area contributed by atoms with Crippen molar-refractivity contribution in [2.24, 2.45) is 0 Å². The van der Waals surface area contributed by atoms with Crippen molar-refractivity contribution in [3.05, 3.63) is 46.0 Å². The summed E-state index contributed by atoms with van der Waals surface area (Å²) in [5.74, 6) is 0.0744. The van der Waals surface area contributed by atoms with Gasteiger partial charge in [0.25, 0.3) is 0 Å². The predicted octanol–water partition coefficient (Wildman–Crippen LogP) is 3.78. The lowest BCUT2D eigenvalue weighted by molar-refractivity contribution is 0.632. The van der Waals surface area contributed by atoms with Gasteiger partial charge in [0, 0.05) is 11.1 Å². The minimum absolute atomic E-state index is 0.315. The Morgan fingerprint density at radius 1 is 1.25 bits per heavy atom. The summed E-state index contributed by atoms with van der Waals surface area (Å²) in [6.07, 6.45) is 1.38. The number of anilines is 2. The highest BCUT2D eigenvalue weighted by atomic mass is 79.9. The van der Waals surface area contributed by atoms with Crippen molar-refractivity contribution in [1.82, 2.24) is 9.97 Å². The molecule has 0 radical (unpaired) electrons. The molecule has 16 heavy (non-hydrogen) atoms. The maximum atomic E-state index is 13.4. The summed E-state index contributed by atoms with van der Waals surface area (Å²) < 4.78 is 14.1. The molecule has 0 bridgehead atoms. The zero-order chi connectivity index (χ0) is 11.5. The van der Waals surface area contributed by atoms with Crippen molar-refractivity contribution in [3.8, 4) is 0 Å². The average molecular weight is 303 g/mol. The van der Waals surface area contributed by atoms with Crippen molar-refractivity contribution in [1.29, 1.82) is 0 Å². The van der Waals surface area contributed by atoms with Crippen LogP contribution in [-0.2, 0) is 0 Å². The third-order valence-electron chi connectivity index (χ3n) is 1.83. The molecule has 0 saturated carbocycles. The van der Waals surface area contributed by atoms with Gasteiger partial charge in [-0.2, -0.15) is 0 Å². The van der Waals surface area contributed by atoms with Crippen molar-refractivity contribution >= 4 is 39.0 Å². The van der Waals surface area contributed by atoms with Gasteiger partial charge in [-0.1, -0.05) is 11.6 Å². The zero-order valence-electron chi connectivity index (χ0n) is 7.92. The van der Waals surface area contributed by atoms with E-state index in [2.05, 4.69) is 31.2 Å². The van der Waals surface area contributed by atoms with Crippen LogP contribution in [0.3, 0.4) is 0 Å². The molecule has 0 atom stereocenters. The lowest BCUT2D eigenvalue weighted by Crippen LogP contribution is -1.96. The van der Waals surface area contributed by atoms with E-state index >= 15 is 0 Å². The molecule has 1 heterocycles. The van der Waals surface area contributed by atoms with Crippen molar-refractivity contribution in [2.75, 3.05) is 5.32 Å². The summed E-state index contributed by atoms with van der Waals surface area (Å²) in [4.78, 5) is 7.82. The van der Waals surface area contributed by atoms with Crippen molar-refractivity contribution in [2.45, 2.75) is 0 Å². The first-order valence-electron chi connectivity index (χ1n) is 4.35. The van der Waals surface area contributed by atoms with E-state index in [1.807, 2.05) is 0 Å². The van der Waals surface area contributed by atoms with Gasteiger partial charge in [0.15, 0.2) is 0 Å². The third-order valence-corrected chi connectivity index (χ3v) is 2.50. The molecular weight excluding hydrogens is 296 g/mol. The van der Waals surface area contributed by atoms with Crippen LogP contribution in [0, 0.1) is 5.82 Å². The largest absolute Gasteiger partial charge is 0.338 e. The van der Waals surface area contributed by atoms with E-state index in [0.29, 0.717) is 21.1 Å². The highest BCUT2D eigenvalue weighted by Gasteiger charge is 2.04. The number of nitrogens with zero attached hydrogens (tertiary/aromatic N) is 2. The molecule has 0 amide bonds.